The van der Waals surface area contributed by atoms with Crippen LogP contribution in [0.2, 0.25) is 0 Å². The number of rotatable bonds is 1. The maximum absolute atomic E-state index is 13.5. The van der Waals surface area contributed by atoms with Crippen LogP contribution in [0, 0.1) is 11.6 Å². The Hall–Kier alpha value is -1.49. The van der Waals surface area contributed by atoms with Crippen LogP contribution in [0.4, 0.5) is 8.78 Å². The Bertz CT molecular complexity index is 437. The minimum absolute atomic E-state index is 0.0145. The van der Waals surface area contributed by atoms with Gasteiger partial charge in [0.1, 0.15) is 11.6 Å². The third kappa shape index (κ3) is 2.44. The van der Waals surface area contributed by atoms with Gasteiger partial charge in [0.05, 0.1) is 5.56 Å². The van der Waals surface area contributed by atoms with E-state index in [9.17, 15) is 13.6 Å². The summed E-state index contributed by atoms with van der Waals surface area (Å²) in [4.78, 5) is 13.7. The third-order valence-corrected chi connectivity index (χ3v) is 2.92. The minimum atomic E-state index is -0.805. The highest BCUT2D eigenvalue weighted by Gasteiger charge is 2.25. The maximum Gasteiger partial charge on any atom is 0.257 e. The van der Waals surface area contributed by atoms with Crippen LogP contribution in [0.5, 0.6) is 0 Å². The number of hydrogen-bond donors (Lipinski definition) is 1. The van der Waals surface area contributed by atoms with Crippen molar-refractivity contribution in [2.75, 3.05) is 19.6 Å². The van der Waals surface area contributed by atoms with E-state index in [1.807, 2.05) is 6.92 Å². The molecule has 1 amide bonds. The Morgan fingerprint density at radius 1 is 1.47 bits per heavy atom. The van der Waals surface area contributed by atoms with Gasteiger partial charge in [0.25, 0.3) is 5.91 Å². The van der Waals surface area contributed by atoms with Crippen LogP contribution in [0.25, 0.3) is 0 Å². The summed E-state index contributed by atoms with van der Waals surface area (Å²) in [5, 5.41) is 3.15. The number of nitrogens with zero attached hydrogens (tertiary/aromatic N) is 1. The first kappa shape index (κ1) is 12.0. The molecule has 1 heterocycles. The van der Waals surface area contributed by atoms with Gasteiger partial charge in [-0.25, -0.2) is 8.78 Å². The molecule has 1 aliphatic rings. The van der Waals surface area contributed by atoms with E-state index in [2.05, 4.69) is 5.32 Å². The standard InChI is InChI=1S/C12H14F2N2O/c1-8-7-15-4-5-16(8)12(17)10-3-2-9(13)6-11(10)14/h2-3,6,8,15H,4-5,7H2,1H3/t8-/m1/s1. The molecule has 1 aliphatic heterocycles. The average Bonchev–Trinajstić information content (AvgIpc) is 2.29. The number of amides is 1. The molecule has 1 fully saturated rings. The smallest absolute Gasteiger partial charge is 0.257 e. The highest BCUT2D eigenvalue weighted by molar-refractivity contribution is 5.94. The lowest BCUT2D eigenvalue weighted by molar-refractivity contribution is 0.0651. The van der Waals surface area contributed by atoms with Crippen LogP contribution in [0.15, 0.2) is 18.2 Å². The number of halogens is 2. The summed E-state index contributed by atoms with van der Waals surface area (Å²) in [5.41, 5.74) is -0.0693. The number of piperazine rings is 1. The van der Waals surface area contributed by atoms with Gasteiger partial charge in [-0.1, -0.05) is 0 Å². The van der Waals surface area contributed by atoms with Crippen molar-refractivity contribution in [2.45, 2.75) is 13.0 Å². The molecule has 0 radical (unpaired) electrons. The third-order valence-electron chi connectivity index (χ3n) is 2.92. The van der Waals surface area contributed by atoms with Gasteiger partial charge in [-0.05, 0) is 19.1 Å². The zero-order valence-electron chi connectivity index (χ0n) is 9.54. The molecule has 1 saturated heterocycles. The van der Waals surface area contributed by atoms with Crippen molar-refractivity contribution >= 4 is 5.91 Å². The molecule has 5 heteroatoms. The Labute approximate surface area is 98.4 Å². The average molecular weight is 240 g/mol. The van der Waals surface area contributed by atoms with E-state index in [0.717, 1.165) is 12.1 Å². The maximum atomic E-state index is 13.5. The number of nitrogens with one attached hydrogen (secondary N) is 1. The number of carbonyl (C=O) groups is 1. The monoisotopic (exact) mass is 240 g/mol. The zero-order valence-corrected chi connectivity index (χ0v) is 9.54. The molecule has 0 aliphatic carbocycles. The summed E-state index contributed by atoms with van der Waals surface area (Å²) in [6.07, 6.45) is 0. The topological polar surface area (TPSA) is 32.3 Å². The quantitative estimate of drug-likeness (QED) is 0.804. The molecular weight excluding hydrogens is 226 g/mol. The molecular formula is C12H14F2N2O. The first-order valence-corrected chi connectivity index (χ1v) is 5.56. The van der Waals surface area contributed by atoms with Crippen molar-refractivity contribution < 1.29 is 13.6 Å². The van der Waals surface area contributed by atoms with Crippen LogP contribution in [-0.2, 0) is 0 Å². The van der Waals surface area contributed by atoms with Crippen molar-refractivity contribution in [1.29, 1.82) is 0 Å². The van der Waals surface area contributed by atoms with Crippen molar-refractivity contribution in [2.24, 2.45) is 0 Å². The van der Waals surface area contributed by atoms with Gasteiger partial charge in [0.2, 0.25) is 0 Å². The molecule has 17 heavy (non-hydrogen) atoms. The van der Waals surface area contributed by atoms with Crippen molar-refractivity contribution in [3.8, 4) is 0 Å². The second-order valence-corrected chi connectivity index (χ2v) is 4.18. The number of hydrogen-bond acceptors (Lipinski definition) is 2. The number of carbonyl (C=O) groups excluding carboxylic acids is 1. The van der Waals surface area contributed by atoms with E-state index in [0.29, 0.717) is 19.6 Å². The zero-order chi connectivity index (χ0) is 12.4. The Morgan fingerprint density at radius 2 is 2.24 bits per heavy atom. The van der Waals surface area contributed by atoms with Gasteiger partial charge < -0.3 is 10.2 Å². The fourth-order valence-corrected chi connectivity index (χ4v) is 1.96. The molecule has 1 aromatic rings. The van der Waals surface area contributed by atoms with Crippen LogP contribution in [-0.4, -0.2) is 36.5 Å². The summed E-state index contributed by atoms with van der Waals surface area (Å²) in [7, 11) is 0. The van der Waals surface area contributed by atoms with Gasteiger partial charge in [0.15, 0.2) is 0 Å². The van der Waals surface area contributed by atoms with E-state index >= 15 is 0 Å². The molecule has 2 rings (SSSR count). The first-order valence-electron chi connectivity index (χ1n) is 5.56. The fourth-order valence-electron chi connectivity index (χ4n) is 1.96. The van der Waals surface area contributed by atoms with Gasteiger partial charge >= 0.3 is 0 Å². The Kier molecular flexibility index (Phi) is 3.38. The summed E-state index contributed by atoms with van der Waals surface area (Å²) in [6, 6.07) is 3.05. The molecule has 3 nitrogen and oxygen atoms in total. The van der Waals surface area contributed by atoms with E-state index in [1.54, 1.807) is 4.90 Å². The molecule has 0 aromatic heterocycles. The molecule has 0 unspecified atom stereocenters. The Morgan fingerprint density at radius 3 is 2.88 bits per heavy atom. The van der Waals surface area contributed by atoms with Crippen molar-refractivity contribution in [3.63, 3.8) is 0 Å². The summed E-state index contributed by atoms with van der Waals surface area (Å²) < 4.78 is 26.2. The van der Waals surface area contributed by atoms with Gasteiger partial charge in [-0.3, -0.25) is 4.79 Å². The predicted molar refractivity (Wildman–Crippen MR) is 59.7 cm³/mol. The van der Waals surface area contributed by atoms with E-state index in [-0.39, 0.29) is 17.5 Å². The summed E-state index contributed by atoms with van der Waals surface area (Å²) in [5.74, 6) is -1.86. The van der Waals surface area contributed by atoms with Crippen LogP contribution in [0.1, 0.15) is 17.3 Å². The highest BCUT2D eigenvalue weighted by atomic mass is 19.1. The van der Waals surface area contributed by atoms with Gasteiger partial charge in [-0.15, -0.1) is 0 Å². The number of benzene rings is 1. The van der Waals surface area contributed by atoms with E-state index in [4.69, 9.17) is 0 Å². The Balaban J connectivity index is 2.24. The normalized spacial score (nSPS) is 20.4. The molecule has 1 N–H and O–H groups in total. The lowest BCUT2D eigenvalue weighted by atomic mass is 10.1. The summed E-state index contributed by atoms with van der Waals surface area (Å²) >= 11 is 0. The second kappa shape index (κ2) is 4.79. The lowest BCUT2D eigenvalue weighted by Gasteiger charge is -2.34. The molecule has 1 aromatic carbocycles. The van der Waals surface area contributed by atoms with Crippen molar-refractivity contribution in [3.05, 3.63) is 35.4 Å². The van der Waals surface area contributed by atoms with E-state index < -0.39 is 11.6 Å². The molecule has 92 valence electrons. The fraction of sp³-hybridized carbons (Fsp3) is 0.417. The molecule has 0 spiro atoms. The minimum Gasteiger partial charge on any atom is -0.333 e. The van der Waals surface area contributed by atoms with Crippen LogP contribution in [0.3, 0.4) is 0 Å². The predicted octanol–water partition coefficient (Wildman–Crippen LogP) is 1.40. The summed E-state index contributed by atoms with van der Waals surface area (Å²) in [6.45, 7) is 3.82. The van der Waals surface area contributed by atoms with Gasteiger partial charge in [-0.2, -0.15) is 0 Å². The molecule has 1 atom stereocenters. The van der Waals surface area contributed by atoms with E-state index in [1.165, 1.54) is 6.07 Å². The lowest BCUT2D eigenvalue weighted by Crippen LogP contribution is -2.52. The second-order valence-electron chi connectivity index (χ2n) is 4.18. The molecule has 0 saturated carbocycles. The van der Waals surface area contributed by atoms with Crippen LogP contribution < -0.4 is 5.32 Å². The largest absolute Gasteiger partial charge is 0.333 e. The highest BCUT2D eigenvalue weighted by Crippen LogP contribution is 2.14. The SMILES string of the molecule is C[C@@H]1CNCCN1C(=O)c1ccc(F)cc1F. The first-order chi connectivity index (χ1) is 8.09. The molecule has 0 bridgehead atoms. The van der Waals surface area contributed by atoms with Crippen LogP contribution >= 0.6 is 0 Å². The van der Waals surface area contributed by atoms with Gasteiger partial charge in [0, 0.05) is 31.7 Å². The van der Waals surface area contributed by atoms with Crippen molar-refractivity contribution in [1.82, 2.24) is 10.2 Å².